The van der Waals surface area contributed by atoms with Gasteiger partial charge in [-0.25, -0.2) is 0 Å². The lowest BCUT2D eigenvalue weighted by molar-refractivity contribution is -0.134. The maximum Gasteiger partial charge on any atom is 0.254 e. The lowest BCUT2D eigenvalue weighted by atomic mass is 9.94. The predicted molar refractivity (Wildman–Crippen MR) is 112 cm³/mol. The van der Waals surface area contributed by atoms with Crippen molar-refractivity contribution in [1.82, 2.24) is 19.8 Å². The Hall–Kier alpha value is -2.80. The van der Waals surface area contributed by atoms with Gasteiger partial charge < -0.3 is 14.5 Å². The average molecular weight is 409 g/mol. The molecular formula is C23H28N4O3. The minimum atomic E-state index is -0.239. The molecule has 7 heteroatoms. The summed E-state index contributed by atoms with van der Waals surface area (Å²) in [4.78, 5) is 37.8. The second kappa shape index (κ2) is 9.80. The lowest BCUT2D eigenvalue weighted by Gasteiger charge is -2.34. The van der Waals surface area contributed by atoms with E-state index in [1.807, 2.05) is 17.0 Å². The summed E-state index contributed by atoms with van der Waals surface area (Å²) in [5.74, 6) is -0.145. The number of hydrogen-bond acceptors (Lipinski definition) is 5. The van der Waals surface area contributed by atoms with E-state index >= 15 is 0 Å². The maximum absolute atomic E-state index is 13.1. The molecule has 1 aliphatic carbocycles. The Morgan fingerprint density at radius 3 is 2.33 bits per heavy atom. The first-order valence-corrected chi connectivity index (χ1v) is 10.7. The van der Waals surface area contributed by atoms with E-state index in [9.17, 15) is 9.59 Å². The highest BCUT2D eigenvalue weighted by Crippen LogP contribution is 2.25. The summed E-state index contributed by atoms with van der Waals surface area (Å²) >= 11 is 0. The van der Waals surface area contributed by atoms with Crippen LogP contribution in [0.3, 0.4) is 0 Å². The van der Waals surface area contributed by atoms with E-state index in [4.69, 9.17) is 4.74 Å². The number of rotatable bonds is 5. The van der Waals surface area contributed by atoms with Crippen molar-refractivity contribution in [2.24, 2.45) is 0 Å². The van der Waals surface area contributed by atoms with Crippen molar-refractivity contribution >= 4 is 11.8 Å². The van der Waals surface area contributed by atoms with Gasteiger partial charge >= 0.3 is 0 Å². The van der Waals surface area contributed by atoms with E-state index in [-0.39, 0.29) is 30.5 Å². The van der Waals surface area contributed by atoms with Crippen molar-refractivity contribution in [3.05, 3.63) is 60.2 Å². The van der Waals surface area contributed by atoms with Crippen LogP contribution >= 0.6 is 0 Å². The molecule has 1 unspecified atom stereocenters. The third kappa shape index (κ3) is 5.02. The molecule has 7 nitrogen and oxygen atoms in total. The van der Waals surface area contributed by atoms with E-state index in [1.165, 1.54) is 6.42 Å². The number of hydrogen-bond donors (Lipinski definition) is 0. The van der Waals surface area contributed by atoms with Crippen molar-refractivity contribution < 1.29 is 14.3 Å². The molecular weight excluding hydrogens is 380 g/mol. The van der Waals surface area contributed by atoms with Gasteiger partial charge in [0.2, 0.25) is 5.91 Å². The van der Waals surface area contributed by atoms with Crippen molar-refractivity contribution in [3.63, 3.8) is 0 Å². The quantitative estimate of drug-likeness (QED) is 0.760. The number of aromatic nitrogens is 2. The zero-order valence-corrected chi connectivity index (χ0v) is 17.2. The van der Waals surface area contributed by atoms with Gasteiger partial charge in [0, 0.05) is 49.5 Å². The molecule has 0 bridgehead atoms. The molecule has 2 aliphatic rings. The Kier molecular flexibility index (Phi) is 6.69. The fraction of sp³-hybridized carbons (Fsp3) is 0.478. The molecule has 1 saturated heterocycles. The molecule has 2 amide bonds. The van der Waals surface area contributed by atoms with Crippen LogP contribution in [-0.2, 0) is 16.1 Å². The summed E-state index contributed by atoms with van der Waals surface area (Å²) in [6, 6.07) is 7.45. The number of carbonyl (C=O) groups is 2. The Balaban J connectivity index is 1.52. The van der Waals surface area contributed by atoms with Crippen LogP contribution in [-0.4, -0.2) is 63.4 Å². The molecule has 2 aromatic heterocycles. The fourth-order valence-corrected chi connectivity index (χ4v) is 4.32. The zero-order chi connectivity index (χ0) is 20.8. The minimum absolute atomic E-state index is 0.0133. The van der Waals surface area contributed by atoms with Crippen LogP contribution in [0, 0.1) is 0 Å². The highest BCUT2D eigenvalue weighted by Gasteiger charge is 2.35. The summed E-state index contributed by atoms with van der Waals surface area (Å²) in [7, 11) is 0. The molecule has 0 radical (unpaired) electrons. The summed E-state index contributed by atoms with van der Waals surface area (Å²) in [6.07, 6.45) is 12.0. The van der Waals surface area contributed by atoms with Crippen LogP contribution in [0.2, 0.25) is 0 Å². The number of ether oxygens (including phenoxy) is 1. The monoisotopic (exact) mass is 408 g/mol. The third-order valence-electron chi connectivity index (χ3n) is 5.94. The van der Waals surface area contributed by atoms with Crippen LogP contribution in [0.25, 0.3) is 0 Å². The van der Waals surface area contributed by atoms with Gasteiger partial charge in [-0.1, -0.05) is 19.3 Å². The molecule has 2 fully saturated rings. The van der Waals surface area contributed by atoms with Crippen molar-refractivity contribution in [2.75, 3.05) is 19.6 Å². The molecule has 0 N–H and O–H groups in total. The van der Waals surface area contributed by atoms with Crippen LogP contribution in [0.4, 0.5) is 0 Å². The second-order valence-electron chi connectivity index (χ2n) is 8.05. The largest absolute Gasteiger partial charge is 0.370 e. The predicted octanol–water partition coefficient (Wildman–Crippen LogP) is 2.68. The highest BCUT2D eigenvalue weighted by atomic mass is 16.5. The summed E-state index contributed by atoms with van der Waals surface area (Å²) in [5.41, 5.74) is 1.56. The van der Waals surface area contributed by atoms with Gasteiger partial charge in [-0.05, 0) is 42.7 Å². The van der Waals surface area contributed by atoms with Gasteiger partial charge in [0.1, 0.15) is 6.54 Å². The molecule has 2 aromatic rings. The van der Waals surface area contributed by atoms with Crippen molar-refractivity contribution in [3.8, 4) is 0 Å². The molecule has 0 aromatic carbocycles. The van der Waals surface area contributed by atoms with Gasteiger partial charge in [-0.3, -0.25) is 19.6 Å². The maximum atomic E-state index is 13.1. The smallest absolute Gasteiger partial charge is 0.254 e. The Bertz CT molecular complexity index is 840. The first-order chi connectivity index (χ1) is 14.7. The van der Waals surface area contributed by atoms with Gasteiger partial charge in [-0.2, -0.15) is 0 Å². The van der Waals surface area contributed by atoms with E-state index in [2.05, 4.69) is 9.97 Å². The summed E-state index contributed by atoms with van der Waals surface area (Å²) < 4.78 is 6.21. The third-order valence-corrected chi connectivity index (χ3v) is 5.94. The Morgan fingerprint density at radius 2 is 1.63 bits per heavy atom. The number of amides is 2. The second-order valence-corrected chi connectivity index (χ2v) is 8.05. The van der Waals surface area contributed by atoms with Gasteiger partial charge in [0.05, 0.1) is 12.7 Å². The van der Waals surface area contributed by atoms with Crippen LogP contribution < -0.4 is 0 Å². The first kappa shape index (κ1) is 20.5. The van der Waals surface area contributed by atoms with Crippen molar-refractivity contribution in [2.45, 2.75) is 50.9 Å². The lowest BCUT2D eigenvalue weighted by Crippen LogP contribution is -2.46. The summed E-state index contributed by atoms with van der Waals surface area (Å²) in [6.45, 7) is 1.43. The van der Waals surface area contributed by atoms with Crippen LogP contribution in [0.5, 0.6) is 0 Å². The molecule has 158 valence electrons. The highest BCUT2D eigenvalue weighted by molar-refractivity contribution is 5.96. The van der Waals surface area contributed by atoms with E-state index in [1.54, 1.807) is 41.8 Å². The SMILES string of the molecule is O=C(c1ccncc1)N1CC(=O)N(C2CCCCC2)CC(OCc2ccncc2)C1. The van der Waals surface area contributed by atoms with Gasteiger partial charge in [-0.15, -0.1) is 0 Å². The molecule has 0 spiro atoms. The fourth-order valence-electron chi connectivity index (χ4n) is 4.32. The topological polar surface area (TPSA) is 75.6 Å². The van der Waals surface area contributed by atoms with E-state index < -0.39 is 0 Å². The molecule has 1 aliphatic heterocycles. The van der Waals surface area contributed by atoms with E-state index in [0.29, 0.717) is 25.3 Å². The van der Waals surface area contributed by atoms with Crippen LogP contribution in [0.15, 0.2) is 49.1 Å². The van der Waals surface area contributed by atoms with Gasteiger partial charge in [0.25, 0.3) is 5.91 Å². The van der Waals surface area contributed by atoms with Gasteiger partial charge in [0.15, 0.2) is 0 Å². The average Bonchev–Trinajstić information content (AvgIpc) is 2.98. The molecule has 1 saturated carbocycles. The number of carbonyl (C=O) groups excluding carboxylic acids is 2. The van der Waals surface area contributed by atoms with Crippen molar-refractivity contribution in [1.29, 1.82) is 0 Å². The normalized spacial score (nSPS) is 20.8. The molecule has 1 atom stereocenters. The number of pyridine rings is 2. The van der Waals surface area contributed by atoms with E-state index in [0.717, 1.165) is 31.2 Å². The zero-order valence-electron chi connectivity index (χ0n) is 17.2. The molecule has 30 heavy (non-hydrogen) atoms. The van der Waals surface area contributed by atoms with Crippen LogP contribution in [0.1, 0.15) is 48.0 Å². The molecule has 3 heterocycles. The standard InChI is InChI=1S/C23H28N4O3/c28-22-16-26(23(29)19-8-12-25-13-9-19)14-21(30-17-18-6-10-24-11-7-18)15-27(22)20-4-2-1-3-5-20/h6-13,20-21H,1-5,14-17H2. The first-order valence-electron chi connectivity index (χ1n) is 10.7. The Labute approximate surface area is 177 Å². The number of nitrogens with zero attached hydrogens (tertiary/aromatic N) is 4. The molecule has 4 rings (SSSR count). The summed E-state index contributed by atoms with van der Waals surface area (Å²) in [5, 5.41) is 0. The Morgan fingerprint density at radius 1 is 0.967 bits per heavy atom. The minimum Gasteiger partial charge on any atom is -0.370 e.